The Morgan fingerprint density at radius 3 is 2.07 bits per heavy atom. The van der Waals surface area contributed by atoms with Crippen molar-refractivity contribution in [2.45, 2.75) is 38.3 Å². The molecule has 1 aliphatic rings. The standard InChI is InChI=1S/C22H19FO5S2/c1-28-17-10-13-21(22(14-17)30(26,27)20-5-3-2-4-19(20)23)29(24,25)18-11-8-16(9-12-18)15-6-7-15/h2-5,8-15H,6-7H2,1H3. The lowest BCUT2D eigenvalue weighted by Crippen LogP contribution is -2.12. The van der Waals surface area contributed by atoms with Gasteiger partial charge < -0.3 is 4.74 Å². The Hall–Kier alpha value is -2.71. The van der Waals surface area contributed by atoms with Crippen LogP contribution in [0.1, 0.15) is 24.3 Å². The fraction of sp³-hybridized carbons (Fsp3) is 0.182. The van der Waals surface area contributed by atoms with Crippen molar-refractivity contribution in [3.05, 3.63) is 78.1 Å². The summed E-state index contributed by atoms with van der Waals surface area (Å²) in [4.78, 5) is -1.58. The number of halogens is 1. The largest absolute Gasteiger partial charge is 0.497 e. The molecule has 156 valence electrons. The van der Waals surface area contributed by atoms with Gasteiger partial charge >= 0.3 is 0 Å². The molecule has 8 heteroatoms. The van der Waals surface area contributed by atoms with Crippen LogP contribution >= 0.6 is 0 Å². The Kier molecular flexibility index (Phi) is 5.15. The lowest BCUT2D eigenvalue weighted by Gasteiger charge is -2.14. The van der Waals surface area contributed by atoms with Crippen LogP contribution in [0.15, 0.2) is 86.3 Å². The Morgan fingerprint density at radius 2 is 1.47 bits per heavy atom. The number of hydrogen-bond donors (Lipinski definition) is 0. The lowest BCUT2D eigenvalue weighted by molar-refractivity contribution is 0.412. The van der Waals surface area contributed by atoms with E-state index in [1.54, 1.807) is 12.1 Å². The van der Waals surface area contributed by atoms with Crippen molar-refractivity contribution in [3.63, 3.8) is 0 Å². The molecule has 0 saturated heterocycles. The summed E-state index contributed by atoms with van der Waals surface area (Å²) in [5.41, 5.74) is 1.06. The molecule has 0 unspecified atom stereocenters. The molecule has 0 aliphatic heterocycles. The fourth-order valence-electron chi connectivity index (χ4n) is 3.29. The summed E-state index contributed by atoms with van der Waals surface area (Å²) in [7, 11) is -7.31. The van der Waals surface area contributed by atoms with Crippen LogP contribution in [0.2, 0.25) is 0 Å². The summed E-state index contributed by atoms with van der Waals surface area (Å²) in [6.07, 6.45) is 2.16. The maximum Gasteiger partial charge on any atom is 0.210 e. The van der Waals surface area contributed by atoms with Crippen LogP contribution < -0.4 is 4.74 Å². The lowest BCUT2D eigenvalue weighted by atomic mass is 10.1. The summed E-state index contributed by atoms with van der Waals surface area (Å²) in [5.74, 6) is -0.356. The third-order valence-electron chi connectivity index (χ3n) is 5.10. The number of methoxy groups -OCH3 is 1. The van der Waals surface area contributed by atoms with E-state index in [4.69, 9.17) is 4.74 Å². The third kappa shape index (κ3) is 3.61. The van der Waals surface area contributed by atoms with Gasteiger partial charge in [-0.15, -0.1) is 0 Å². The van der Waals surface area contributed by atoms with E-state index in [0.717, 1.165) is 36.6 Å². The topological polar surface area (TPSA) is 77.5 Å². The first-order valence-electron chi connectivity index (χ1n) is 9.28. The van der Waals surface area contributed by atoms with Gasteiger partial charge in [-0.1, -0.05) is 24.3 Å². The summed E-state index contributed by atoms with van der Waals surface area (Å²) < 4.78 is 72.4. The third-order valence-corrected chi connectivity index (χ3v) is 8.88. The number of benzene rings is 3. The molecule has 0 N–H and O–H groups in total. The van der Waals surface area contributed by atoms with Crippen molar-refractivity contribution in [2.75, 3.05) is 7.11 Å². The van der Waals surface area contributed by atoms with Crippen LogP contribution in [-0.2, 0) is 19.7 Å². The van der Waals surface area contributed by atoms with E-state index in [0.29, 0.717) is 5.92 Å². The maximum absolute atomic E-state index is 14.3. The highest BCUT2D eigenvalue weighted by molar-refractivity contribution is 7.94. The highest BCUT2D eigenvalue weighted by atomic mass is 32.2. The van der Waals surface area contributed by atoms with E-state index in [9.17, 15) is 21.2 Å². The van der Waals surface area contributed by atoms with E-state index >= 15 is 0 Å². The van der Waals surface area contributed by atoms with Crippen molar-refractivity contribution >= 4 is 19.7 Å². The van der Waals surface area contributed by atoms with Gasteiger partial charge in [-0.25, -0.2) is 21.2 Å². The molecule has 4 rings (SSSR count). The minimum absolute atomic E-state index is 0.0259. The van der Waals surface area contributed by atoms with Crippen LogP contribution in [0.25, 0.3) is 0 Å². The highest BCUT2D eigenvalue weighted by Gasteiger charge is 2.32. The van der Waals surface area contributed by atoms with E-state index < -0.39 is 40.2 Å². The Morgan fingerprint density at radius 1 is 0.800 bits per heavy atom. The molecular weight excluding hydrogens is 427 g/mol. The van der Waals surface area contributed by atoms with Gasteiger partial charge in [0.1, 0.15) is 16.5 Å². The number of hydrogen-bond acceptors (Lipinski definition) is 5. The Balaban J connectivity index is 1.89. The zero-order valence-corrected chi connectivity index (χ0v) is 17.7. The molecule has 1 saturated carbocycles. The summed E-state index contributed by atoms with van der Waals surface area (Å²) in [5, 5.41) is 0. The van der Waals surface area contributed by atoms with Gasteiger partial charge in [-0.3, -0.25) is 0 Å². The summed E-state index contributed by atoms with van der Waals surface area (Å²) in [6.45, 7) is 0. The quantitative estimate of drug-likeness (QED) is 0.562. The van der Waals surface area contributed by atoms with E-state index in [-0.39, 0.29) is 10.6 Å². The van der Waals surface area contributed by atoms with Crippen LogP contribution in [0, 0.1) is 5.82 Å². The van der Waals surface area contributed by atoms with Crippen LogP contribution in [0.5, 0.6) is 5.75 Å². The highest BCUT2D eigenvalue weighted by Crippen LogP contribution is 2.41. The van der Waals surface area contributed by atoms with Crippen molar-refractivity contribution in [1.82, 2.24) is 0 Å². The van der Waals surface area contributed by atoms with Crippen molar-refractivity contribution in [2.24, 2.45) is 0 Å². The van der Waals surface area contributed by atoms with Gasteiger partial charge in [0.05, 0.1) is 21.8 Å². The predicted molar refractivity (Wildman–Crippen MR) is 109 cm³/mol. The molecule has 0 atom stereocenters. The average Bonchev–Trinajstić information content (AvgIpc) is 3.59. The average molecular weight is 447 g/mol. The first-order chi connectivity index (χ1) is 14.2. The summed E-state index contributed by atoms with van der Waals surface area (Å²) >= 11 is 0. The van der Waals surface area contributed by atoms with Gasteiger partial charge in [0.2, 0.25) is 19.7 Å². The smallest absolute Gasteiger partial charge is 0.210 e. The van der Waals surface area contributed by atoms with Crippen molar-refractivity contribution in [1.29, 1.82) is 0 Å². The van der Waals surface area contributed by atoms with Gasteiger partial charge in [0.15, 0.2) is 0 Å². The second kappa shape index (κ2) is 7.52. The number of sulfone groups is 2. The molecule has 0 radical (unpaired) electrons. The molecule has 0 bridgehead atoms. The van der Waals surface area contributed by atoms with Crippen LogP contribution in [-0.4, -0.2) is 23.9 Å². The zero-order valence-electron chi connectivity index (χ0n) is 16.1. The Bertz CT molecular complexity index is 1310. The molecule has 0 aromatic heterocycles. The van der Waals surface area contributed by atoms with Gasteiger partial charge in [-0.05, 0) is 60.7 Å². The van der Waals surface area contributed by atoms with Crippen molar-refractivity contribution in [3.8, 4) is 5.75 Å². The maximum atomic E-state index is 14.3. The molecule has 0 heterocycles. The normalized spacial score (nSPS) is 14.5. The van der Waals surface area contributed by atoms with Crippen molar-refractivity contribution < 1.29 is 26.0 Å². The molecular formula is C22H19FO5S2. The van der Waals surface area contributed by atoms with Gasteiger partial charge in [0, 0.05) is 6.07 Å². The molecule has 1 aliphatic carbocycles. The van der Waals surface area contributed by atoms with E-state index in [2.05, 4.69) is 0 Å². The van der Waals surface area contributed by atoms with Gasteiger partial charge in [-0.2, -0.15) is 0 Å². The number of ether oxygens (including phenoxy) is 1. The SMILES string of the molecule is COc1ccc(S(=O)(=O)c2ccc(C3CC3)cc2)c(S(=O)(=O)c2ccccc2F)c1. The van der Waals surface area contributed by atoms with Crippen LogP contribution in [0.3, 0.4) is 0 Å². The fourth-order valence-corrected chi connectivity index (χ4v) is 6.69. The predicted octanol–water partition coefficient (Wildman–Crippen LogP) is 4.38. The first-order valence-corrected chi connectivity index (χ1v) is 12.2. The van der Waals surface area contributed by atoms with E-state index in [1.807, 2.05) is 0 Å². The molecule has 0 spiro atoms. The van der Waals surface area contributed by atoms with Crippen LogP contribution in [0.4, 0.5) is 4.39 Å². The Labute approximate surface area is 175 Å². The molecule has 30 heavy (non-hydrogen) atoms. The molecule has 3 aromatic rings. The second-order valence-electron chi connectivity index (χ2n) is 7.09. The zero-order chi connectivity index (χ0) is 21.5. The van der Waals surface area contributed by atoms with E-state index in [1.165, 1.54) is 43.5 Å². The van der Waals surface area contributed by atoms with Gasteiger partial charge in [0.25, 0.3) is 0 Å². The molecule has 0 amide bonds. The molecule has 5 nitrogen and oxygen atoms in total. The minimum atomic E-state index is -4.47. The minimum Gasteiger partial charge on any atom is -0.497 e. The second-order valence-corrected chi connectivity index (χ2v) is 10.9. The molecule has 3 aromatic carbocycles. The number of rotatable bonds is 6. The molecule has 1 fully saturated rings. The first kappa shape index (κ1) is 20.6. The summed E-state index contributed by atoms with van der Waals surface area (Å²) in [6, 6.07) is 15.0. The monoisotopic (exact) mass is 446 g/mol.